The molecule has 2 N–H and O–H groups in total. The van der Waals surface area contributed by atoms with Crippen LogP contribution in [-0.2, 0) is 53.7 Å². The standard InChI is InChI=1S/C69H90N4O13/c1-13-65(80)36-46-37-68(60(77)82-11,56(26-20-29-71(40-46)41-65)70-47-22-16-15-17-23-47)53-34-52-54(35-55(53)81-10)73(42-74)58-67(52)28-31-72-30-21-27-66(14-2,57(67)72)59(84-45(5)75)69(58,61(78)83-12)86-62(79)85-49-33-44(4)51(64(8,9)39-49)25-19-18-24-50-43(3)32-48(76)38-63(50,6)7/h15-19,21-25,27,34-35,42,46,48-49,57-59,76,80H,13-14,20,26,28-33,36-41H2,1-12H3/t46-,48-,49-,57+,58-,59-,65+,66-,67-,68+,69+/m1/s1. The van der Waals surface area contributed by atoms with Crippen molar-refractivity contribution in [3.63, 3.8) is 0 Å². The smallest absolute Gasteiger partial charge is 0.496 e. The van der Waals surface area contributed by atoms with E-state index in [1.807, 2.05) is 81.5 Å². The maximum atomic E-state index is 15.8. The van der Waals surface area contributed by atoms with E-state index in [0.29, 0.717) is 125 Å². The van der Waals surface area contributed by atoms with Crippen LogP contribution in [0.2, 0.25) is 0 Å². The van der Waals surface area contributed by atoms with Gasteiger partial charge < -0.3 is 48.4 Å². The first-order valence-corrected chi connectivity index (χ1v) is 31.0. The van der Waals surface area contributed by atoms with E-state index in [1.54, 1.807) is 6.07 Å². The molecule has 2 bridgehead atoms. The van der Waals surface area contributed by atoms with Crippen LogP contribution in [0.5, 0.6) is 5.75 Å². The molecular weight excluding hydrogens is 1090 g/mol. The molecule has 8 aliphatic rings. The van der Waals surface area contributed by atoms with Crippen molar-refractivity contribution >= 4 is 47.6 Å². The Kier molecular flexibility index (Phi) is 17.2. The summed E-state index contributed by atoms with van der Waals surface area (Å²) >= 11 is 0. The SMILES string of the molecule is CC[C@]1(O)C[C@H]2CN(CCCC(=Nc3ccccc3)[C@@](C(=O)OC)(c3cc4c(cc3OC)N(C=O)[C@H]3[C@@](OC(=O)O[C@@H]5CC(C)=C(C=CC=CC6=C(C)C[C@@H](O)CC6(C)C)C(C)(C)C5)(C(=O)OC)[C@H](OC(C)=O)[C@]5(CC)C=CCN6CC[C@]43[C@@H]65)C2)C1. The predicted molar refractivity (Wildman–Crippen MR) is 327 cm³/mol. The number of carbonyl (C=O) groups is 5. The van der Waals surface area contributed by atoms with Crippen molar-refractivity contribution in [1.29, 1.82) is 0 Å². The van der Waals surface area contributed by atoms with Crippen LogP contribution < -0.4 is 9.64 Å². The molecule has 0 aromatic heterocycles. The number of nitrogens with zero attached hydrogens (tertiary/aromatic N) is 4. The fraction of sp³-hybridized carbons (Fsp3) is 0.594. The Morgan fingerprint density at radius 1 is 0.814 bits per heavy atom. The van der Waals surface area contributed by atoms with Crippen LogP contribution in [0.4, 0.5) is 16.2 Å². The first-order chi connectivity index (χ1) is 40.9. The van der Waals surface area contributed by atoms with Crippen LogP contribution in [0.3, 0.4) is 0 Å². The second-order valence-electron chi connectivity index (χ2n) is 27.2. The van der Waals surface area contributed by atoms with Crippen molar-refractivity contribution < 1.29 is 62.6 Å². The number of hydrogen-bond donors (Lipinski definition) is 2. The Hall–Kier alpha value is -6.40. The van der Waals surface area contributed by atoms with E-state index in [0.717, 1.165) is 11.1 Å². The first-order valence-electron chi connectivity index (χ1n) is 31.0. The number of hydrogen-bond acceptors (Lipinski definition) is 16. The number of allylic oxidation sites excluding steroid dienone is 6. The lowest BCUT2D eigenvalue weighted by molar-refractivity contribution is -0.233. The van der Waals surface area contributed by atoms with E-state index in [2.05, 4.69) is 56.6 Å². The lowest BCUT2D eigenvalue weighted by atomic mass is 9.47. The van der Waals surface area contributed by atoms with Crippen molar-refractivity contribution in [3.05, 3.63) is 112 Å². The molecule has 3 saturated heterocycles. The van der Waals surface area contributed by atoms with Gasteiger partial charge in [0.2, 0.25) is 6.41 Å². The number of rotatable bonds is 14. The monoisotopic (exact) mass is 1180 g/mol. The molecule has 2 aromatic carbocycles. The van der Waals surface area contributed by atoms with Crippen LogP contribution in [-0.4, -0.2) is 152 Å². The summed E-state index contributed by atoms with van der Waals surface area (Å²) in [5.74, 6) is -2.36. The number of carbonyl (C=O) groups excluding carboxylic acids is 5. The van der Waals surface area contributed by atoms with Gasteiger partial charge in [-0.1, -0.05) is 107 Å². The summed E-state index contributed by atoms with van der Waals surface area (Å²) in [5, 5.41) is 22.6. The van der Waals surface area contributed by atoms with E-state index in [-0.39, 0.29) is 36.0 Å². The minimum Gasteiger partial charge on any atom is -0.496 e. The summed E-state index contributed by atoms with van der Waals surface area (Å²) in [4.78, 5) is 86.6. The molecule has 10 rings (SSSR count). The largest absolute Gasteiger partial charge is 0.509 e. The number of methoxy groups -OCH3 is 3. The lowest BCUT2D eigenvalue weighted by Gasteiger charge is -2.63. The number of aliphatic hydroxyl groups is 2. The molecule has 4 fully saturated rings. The molecule has 12 atom stereocenters. The highest BCUT2D eigenvalue weighted by Gasteiger charge is 2.83. The summed E-state index contributed by atoms with van der Waals surface area (Å²) in [6.07, 6.45) is 13.8. The maximum absolute atomic E-state index is 15.8. The van der Waals surface area contributed by atoms with Gasteiger partial charge in [-0.2, -0.15) is 0 Å². The van der Waals surface area contributed by atoms with Gasteiger partial charge in [-0.15, -0.1) is 0 Å². The molecule has 1 saturated carbocycles. The van der Waals surface area contributed by atoms with E-state index < -0.39 is 81.2 Å². The van der Waals surface area contributed by atoms with E-state index >= 15 is 14.4 Å². The van der Waals surface area contributed by atoms with Crippen LogP contribution in [0.15, 0.2) is 106 Å². The van der Waals surface area contributed by atoms with Gasteiger partial charge in [0, 0.05) is 67.2 Å². The Balaban J connectivity index is 1.13. The molecule has 464 valence electrons. The Morgan fingerprint density at radius 2 is 1.50 bits per heavy atom. The highest BCUT2D eigenvalue weighted by atomic mass is 16.8. The third-order valence-electron chi connectivity index (χ3n) is 21.0. The zero-order valence-corrected chi connectivity index (χ0v) is 52.5. The van der Waals surface area contributed by atoms with Crippen LogP contribution in [0.1, 0.15) is 144 Å². The molecule has 0 radical (unpaired) electrons. The second-order valence-corrected chi connectivity index (χ2v) is 27.2. The minimum atomic E-state index is -2.59. The van der Waals surface area contributed by atoms with Gasteiger partial charge in [0.1, 0.15) is 23.3 Å². The summed E-state index contributed by atoms with van der Waals surface area (Å²) in [7, 11) is 4.07. The number of para-hydroxylation sites is 1. The van der Waals surface area contributed by atoms with Gasteiger partial charge in [0.25, 0.3) is 5.60 Å². The molecule has 5 aliphatic heterocycles. The Labute approximate surface area is 507 Å². The van der Waals surface area contributed by atoms with Crippen molar-refractivity contribution in [3.8, 4) is 5.75 Å². The predicted octanol–water partition coefficient (Wildman–Crippen LogP) is 10.3. The molecule has 1 unspecified atom stereocenters. The fourth-order valence-corrected chi connectivity index (χ4v) is 17.9. The molecule has 2 aromatic rings. The molecule has 5 heterocycles. The summed E-state index contributed by atoms with van der Waals surface area (Å²) in [5.41, 5.74) is -1.47. The first kappa shape index (κ1) is 62.6. The zero-order chi connectivity index (χ0) is 61.9. The number of amides is 1. The van der Waals surface area contributed by atoms with Crippen molar-refractivity contribution in [2.24, 2.45) is 27.2 Å². The highest BCUT2D eigenvalue weighted by molar-refractivity contribution is 6.14. The summed E-state index contributed by atoms with van der Waals surface area (Å²) in [6, 6.07) is 11.1. The number of benzene rings is 2. The lowest BCUT2D eigenvalue weighted by Crippen LogP contribution is -2.82. The van der Waals surface area contributed by atoms with E-state index in [4.69, 9.17) is 33.4 Å². The van der Waals surface area contributed by atoms with Crippen molar-refractivity contribution in [2.75, 3.05) is 59.0 Å². The third-order valence-corrected chi connectivity index (χ3v) is 21.0. The number of esters is 3. The summed E-state index contributed by atoms with van der Waals surface area (Å²) in [6.45, 7) is 20.5. The minimum absolute atomic E-state index is 0.171. The van der Waals surface area contributed by atoms with E-state index in [1.165, 1.54) is 44.3 Å². The third kappa shape index (κ3) is 10.4. The second kappa shape index (κ2) is 23.6. The molecule has 1 amide bonds. The normalized spacial score (nSPS) is 35.0. The van der Waals surface area contributed by atoms with E-state index in [9.17, 15) is 19.8 Å². The number of aliphatic hydroxyl groups excluding tert-OH is 1. The quantitative estimate of drug-likeness (QED) is 0.0594. The van der Waals surface area contributed by atoms with Crippen LogP contribution in [0, 0.1) is 22.2 Å². The zero-order valence-electron chi connectivity index (χ0n) is 52.5. The van der Waals surface area contributed by atoms with Crippen molar-refractivity contribution in [2.45, 2.75) is 185 Å². The van der Waals surface area contributed by atoms with Gasteiger partial charge in [-0.05, 0) is 143 Å². The van der Waals surface area contributed by atoms with Gasteiger partial charge in [0.15, 0.2) is 6.10 Å². The summed E-state index contributed by atoms with van der Waals surface area (Å²) < 4.78 is 38.1. The Bertz CT molecular complexity index is 3200. The Morgan fingerprint density at radius 3 is 2.12 bits per heavy atom. The van der Waals surface area contributed by atoms with Gasteiger partial charge in [0.05, 0.1) is 44.4 Å². The number of piperidine rings is 1. The van der Waals surface area contributed by atoms with Gasteiger partial charge in [-0.25, -0.2) is 9.59 Å². The molecule has 86 heavy (non-hydrogen) atoms. The molecular formula is C69H90N4O13. The number of ether oxygens (including phenoxy) is 6. The average molecular weight is 1180 g/mol. The molecule has 1 spiro atoms. The topological polar surface area (TPSA) is 203 Å². The fourth-order valence-electron chi connectivity index (χ4n) is 17.9. The van der Waals surface area contributed by atoms with Crippen LogP contribution in [0.25, 0.3) is 0 Å². The molecule has 17 nitrogen and oxygen atoms in total. The molecule has 3 aliphatic carbocycles. The maximum Gasteiger partial charge on any atom is 0.509 e. The highest BCUT2D eigenvalue weighted by Crippen LogP contribution is 2.69. The number of aliphatic imine (C=N–C) groups is 1. The average Bonchev–Trinajstić information content (AvgIpc) is 1.49. The molecule has 17 heteroatoms. The number of anilines is 1. The number of fused-ring (bicyclic) bond motifs is 3. The van der Waals surface area contributed by atoms with Gasteiger partial charge >= 0.3 is 24.1 Å². The van der Waals surface area contributed by atoms with Crippen LogP contribution >= 0.6 is 0 Å². The van der Waals surface area contributed by atoms with Crippen molar-refractivity contribution in [1.82, 2.24) is 9.80 Å². The van der Waals surface area contributed by atoms with Gasteiger partial charge in [-0.3, -0.25) is 24.3 Å².